The number of anilines is 1. The number of para-hydroxylation sites is 1. The number of hydrogen-bond acceptors (Lipinski definition) is 4. The third-order valence-corrected chi connectivity index (χ3v) is 3.58. The second-order valence-corrected chi connectivity index (χ2v) is 4.82. The number of carbonyl (C=O) groups excluding carboxylic acids is 2. The van der Waals surface area contributed by atoms with Crippen LogP contribution in [0.4, 0.5) is 5.69 Å². The third kappa shape index (κ3) is 1.67. The quantitative estimate of drug-likeness (QED) is 0.863. The summed E-state index contributed by atoms with van der Waals surface area (Å²) in [7, 11) is 1.58. The van der Waals surface area contributed by atoms with Gasteiger partial charge in [-0.25, -0.2) is 0 Å². The molecule has 1 amide bonds. The van der Waals surface area contributed by atoms with Gasteiger partial charge in [0, 0.05) is 12.6 Å². The molecule has 1 aromatic carbocycles. The van der Waals surface area contributed by atoms with Crippen molar-refractivity contribution >= 4 is 17.4 Å². The molecule has 0 unspecified atom stereocenters. The van der Waals surface area contributed by atoms with Crippen molar-refractivity contribution in [3.05, 3.63) is 54.0 Å². The van der Waals surface area contributed by atoms with Gasteiger partial charge in [-0.1, -0.05) is 18.2 Å². The number of fused-ring (bicyclic) bond motifs is 1. The van der Waals surface area contributed by atoms with E-state index in [1.807, 2.05) is 0 Å². The maximum atomic E-state index is 12.3. The van der Waals surface area contributed by atoms with Crippen molar-refractivity contribution in [2.24, 2.45) is 0 Å². The molecule has 0 bridgehead atoms. The fraction of sp³-hybridized carbons (Fsp3) is 0.200. The molecule has 20 heavy (non-hydrogen) atoms. The van der Waals surface area contributed by atoms with Crippen molar-refractivity contribution in [1.82, 2.24) is 0 Å². The molecule has 0 radical (unpaired) electrons. The zero-order valence-electron chi connectivity index (χ0n) is 10.9. The van der Waals surface area contributed by atoms with Gasteiger partial charge in [-0.05, 0) is 18.2 Å². The number of amides is 1. The molecular formula is C15H13NO4. The number of likely N-dealkylation sites (N-methyl/N-ethyl adjacent to an activating group) is 1. The van der Waals surface area contributed by atoms with Crippen LogP contribution in [0.5, 0.6) is 0 Å². The number of aliphatic hydroxyl groups is 1. The van der Waals surface area contributed by atoms with Crippen molar-refractivity contribution in [3.63, 3.8) is 0 Å². The molecular weight excluding hydrogens is 258 g/mol. The van der Waals surface area contributed by atoms with Gasteiger partial charge in [0.1, 0.15) is 0 Å². The summed E-state index contributed by atoms with van der Waals surface area (Å²) in [6, 6.07) is 10.0. The van der Waals surface area contributed by atoms with Crippen LogP contribution >= 0.6 is 0 Å². The summed E-state index contributed by atoms with van der Waals surface area (Å²) in [5.41, 5.74) is -0.755. The molecule has 3 rings (SSSR count). The highest BCUT2D eigenvalue weighted by Crippen LogP contribution is 2.41. The molecule has 5 heteroatoms. The molecule has 2 heterocycles. The first-order valence-corrected chi connectivity index (χ1v) is 6.21. The second kappa shape index (κ2) is 4.31. The fourth-order valence-corrected chi connectivity index (χ4v) is 2.55. The molecule has 0 aliphatic carbocycles. The molecule has 102 valence electrons. The fourth-order valence-electron chi connectivity index (χ4n) is 2.55. The lowest BCUT2D eigenvalue weighted by atomic mass is 9.89. The molecule has 0 saturated carbocycles. The lowest BCUT2D eigenvalue weighted by Crippen LogP contribution is -2.40. The number of furan rings is 1. The smallest absolute Gasteiger partial charge is 0.263 e. The molecule has 0 saturated heterocycles. The van der Waals surface area contributed by atoms with Gasteiger partial charge in [-0.2, -0.15) is 0 Å². The standard InChI is InChI=1S/C15H13NO4/c1-16-11-6-3-2-5-10(11)15(19,14(16)18)9-12(17)13-7-4-8-20-13/h2-8,19H,9H2,1H3/t15-/m1/s1. The van der Waals surface area contributed by atoms with Crippen LogP contribution < -0.4 is 4.90 Å². The lowest BCUT2D eigenvalue weighted by molar-refractivity contribution is -0.135. The first kappa shape index (κ1) is 12.6. The summed E-state index contributed by atoms with van der Waals surface area (Å²) in [6.07, 6.45) is 1.05. The number of nitrogens with zero attached hydrogens (tertiary/aromatic N) is 1. The number of ketones is 1. The van der Waals surface area contributed by atoms with Gasteiger partial charge < -0.3 is 14.4 Å². The zero-order valence-corrected chi connectivity index (χ0v) is 10.9. The van der Waals surface area contributed by atoms with Crippen LogP contribution in [-0.4, -0.2) is 23.8 Å². The molecule has 1 N–H and O–H groups in total. The molecule has 5 nitrogen and oxygen atoms in total. The maximum absolute atomic E-state index is 12.3. The Hall–Kier alpha value is -2.40. The minimum Gasteiger partial charge on any atom is -0.461 e. The Bertz CT molecular complexity index is 677. The molecule has 2 aromatic rings. The minimum absolute atomic E-state index is 0.137. The molecule has 0 spiro atoms. The summed E-state index contributed by atoms with van der Waals surface area (Å²) in [4.78, 5) is 25.8. The molecule has 1 aromatic heterocycles. The summed E-state index contributed by atoms with van der Waals surface area (Å²) in [5, 5.41) is 10.7. The number of Topliss-reactive ketones (excluding diaryl/α,β-unsaturated/α-hetero) is 1. The van der Waals surface area contributed by atoms with E-state index in [0.717, 1.165) is 0 Å². The van der Waals surface area contributed by atoms with Crippen LogP contribution in [0.25, 0.3) is 0 Å². The van der Waals surface area contributed by atoms with Gasteiger partial charge in [-0.3, -0.25) is 9.59 Å². The van der Waals surface area contributed by atoms with E-state index < -0.39 is 17.3 Å². The van der Waals surface area contributed by atoms with E-state index in [0.29, 0.717) is 11.3 Å². The first-order chi connectivity index (χ1) is 9.54. The minimum atomic E-state index is -1.82. The van der Waals surface area contributed by atoms with Gasteiger partial charge in [0.2, 0.25) is 5.78 Å². The van der Waals surface area contributed by atoms with E-state index in [4.69, 9.17) is 4.42 Å². The van der Waals surface area contributed by atoms with Crippen LogP contribution in [0, 0.1) is 0 Å². The summed E-state index contributed by atoms with van der Waals surface area (Å²) in [6.45, 7) is 0. The number of rotatable bonds is 3. The highest BCUT2D eigenvalue weighted by molar-refractivity contribution is 6.10. The topological polar surface area (TPSA) is 70.8 Å². The van der Waals surface area contributed by atoms with Gasteiger partial charge >= 0.3 is 0 Å². The van der Waals surface area contributed by atoms with Crippen LogP contribution in [0.2, 0.25) is 0 Å². The lowest BCUT2D eigenvalue weighted by Gasteiger charge is -2.20. The summed E-state index contributed by atoms with van der Waals surface area (Å²) in [5.74, 6) is -0.771. The predicted molar refractivity (Wildman–Crippen MR) is 71.4 cm³/mol. The van der Waals surface area contributed by atoms with E-state index in [1.165, 1.54) is 17.2 Å². The zero-order chi connectivity index (χ0) is 14.3. The molecule has 0 fully saturated rings. The second-order valence-electron chi connectivity index (χ2n) is 4.82. The Labute approximate surface area is 115 Å². The number of hydrogen-bond donors (Lipinski definition) is 1. The van der Waals surface area contributed by atoms with Crippen molar-refractivity contribution in [3.8, 4) is 0 Å². The van der Waals surface area contributed by atoms with Crippen molar-refractivity contribution < 1.29 is 19.1 Å². The normalized spacial score (nSPS) is 21.1. The Morgan fingerprint density at radius 1 is 1.30 bits per heavy atom. The summed E-state index contributed by atoms with van der Waals surface area (Å²) < 4.78 is 5.02. The van der Waals surface area contributed by atoms with Crippen LogP contribution in [0.3, 0.4) is 0 Å². The number of carbonyl (C=O) groups is 2. The Morgan fingerprint density at radius 2 is 2.05 bits per heavy atom. The van der Waals surface area contributed by atoms with Gasteiger partial charge in [0.25, 0.3) is 5.91 Å². The molecule has 1 aliphatic rings. The largest absolute Gasteiger partial charge is 0.461 e. The van der Waals surface area contributed by atoms with Crippen molar-refractivity contribution in [2.45, 2.75) is 12.0 Å². The Kier molecular flexibility index (Phi) is 2.72. The van der Waals surface area contributed by atoms with E-state index in [-0.39, 0.29) is 12.2 Å². The summed E-state index contributed by atoms with van der Waals surface area (Å²) >= 11 is 0. The SMILES string of the molecule is CN1C(=O)[C@@](O)(CC(=O)c2ccco2)c2ccccc21. The maximum Gasteiger partial charge on any atom is 0.263 e. The average molecular weight is 271 g/mol. The first-order valence-electron chi connectivity index (χ1n) is 6.21. The highest BCUT2D eigenvalue weighted by atomic mass is 16.3. The van der Waals surface area contributed by atoms with Gasteiger partial charge in [0.05, 0.1) is 18.4 Å². The van der Waals surface area contributed by atoms with E-state index in [1.54, 1.807) is 37.4 Å². The van der Waals surface area contributed by atoms with Crippen molar-refractivity contribution in [1.29, 1.82) is 0 Å². The van der Waals surface area contributed by atoms with Crippen molar-refractivity contribution in [2.75, 3.05) is 11.9 Å². The monoisotopic (exact) mass is 271 g/mol. The molecule has 1 atom stereocenters. The van der Waals surface area contributed by atoms with E-state index in [2.05, 4.69) is 0 Å². The predicted octanol–water partition coefficient (Wildman–Crippen LogP) is 1.72. The van der Waals surface area contributed by atoms with E-state index in [9.17, 15) is 14.7 Å². The Morgan fingerprint density at radius 3 is 2.75 bits per heavy atom. The Balaban J connectivity index is 2.00. The molecule has 1 aliphatic heterocycles. The van der Waals surface area contributed by atoms with Gasteiger partial charge in [-0.15, -0.1) is 0 Å². The number of benzene rings is 1. The average Bonchev–Trinajstić information content (AvgIpc) is 3.04. The third-order valence-electron chi connectivity index (χ3n) is 3.58. The van der Waals surface area contributed by atoms with E-state index >= 15 is 0 Å². The van der Waals surface area contributed by atoms with Crippen LogP contribution in [0.15, 0.2) is 47.1 Å². The van der Waals surface area contributed by atoms with Gasteiger partial charge in [0.15, 0.2) is 11.4 Å². The van der Waals surface area contributed by atoms with Crippen LogP contribution in [0.1, 0.15) is 22.5 Å². The highest BCUT2D eigenvalue weighted by Gasteiger charge is 2.49. The van der Waals surface area contributed by atoms with Crippen LogP contribution in [-0.2, 0) is 10.4 Å².